The van der Waals surface area contributed by atoms with Crippen molar-refractivity contribution in [2.75, 3.05) is 4.90 Å². The Balaban J connectivity index is 1.99. The number of anilines is 1. The topological polar surface area (TPSA) is 61.4 Å². The smallest absolute Gasteiger partial charge is 0.323 e. The Hall–Kier alpha value is -1.88. The molecule has 2 aliphatic rings. The van der Waals surface area contributed by atoms with Gasteiger partial charge in [-0.2, -0.15) is 0 Å². The number of carbonyl (C=O) groups excluding carboxylic acids is 2. The molecule has 0 atom stereocenters. The maximum absolute atomic E-state index is 13.2. The number of piperidine rings is 1. The molecule has 5 nitrogen and oxygen atoms in total. The summed E-state index contributed by atoms with van der Waals surface area (Å²) in [5, 5.41) is 6.55. The van der Waals surface area contributed by atoms with Crippen LogP contribution in [0.2, 0.25) is 0 Å². The fourth-order valence-electron chi connectivity index (χ4n) is 4.36. The minimum absolute atomic E-state index is 0.144. The second-order valence-electron chi connectivity index (χ2n) is 8.23. The zero-order valence-electron chi connectivity index (χ0n) is 14.5. The van der Waals surface area contributed by atoms with Gasteiger partial charge < -0.3 is 10.6 Å². The van der Waals surface area contributed by atoms with E-state index in [4.69, 9.17) is 0 Å². The lowest BCUT2D eigenvalue weighted by Crippen LogP contribution is -2.68. The third-order valence-electron chi connectivity index (χ3n) is 4.62. The van der Waals surface area contributed by atoms with Crippen LogP contribution in [0.3, 0.4) is 0 Å². The summed E-state index contributed by atoms with van der Waals surface area (Å²) >= 11 is 0. The highest BCUT2D eigenvalue weighted by Crippen LogP contribution is 2.40. The van der Waals surface area contributed by atoms with Crippen molar-refractivity contribution in [3.8, 4) is 0 Å². The lowest BCUT2D eigenvalue weighted by molar-refractivity contribution is -0.125. The van der Waals surface area contributed by atoms with E-state index in [2.05, 4.69) is 38.3 Å². The average molecular weight is 315 g/mol. The van der Waals surface area contributed by atoms with Gasteiger partial charge in [0.15, 0.2) is 0 Å². The van der Waals surface area contributed by atoms with Crippen LogP contribution < -0.4 is 15.5 Å². The van der Waals surface area contributed by atoms with Crippen LogP contribution >= 0.6 is 0 Å². The molecule has 2 N–H and O–H groups in total. The SMILES string of the molecule is Cc1ccc(N2C(=O)NC3(CC(C)(C)NC(C)(C)C3)C2=O)cc1. The van der Waals surface area contributed by atoms with Gasteiger partial charge in [-0.3, -0.25) is 4.79 Å². The van der Waals surface area contributed by atoms with Gasteiger partial charge in [0.1, 0.15) is 5.54 Å². The molecule has 2 fully saturated rings. The van der Waals surface area contributed by atoms with Crippen LogP contribution in [0.4, 0.5) is 10.5 Å². The Kier molecular flexibility index (Phi) is 3.34. The quantitative estimate of drug-likeness (QED) is 0.783. The second-order valence-corrected chi connectivity index (χ2v) is 8.23. The number of hydrogen-bond acceptors (Lipinski definition) is 3. The Bertz CT molecular complexity index is 645. The van der Waals surface area contributed by atoms with E-state index in [1.807, 2.05) is 31.2 Å². The maximum Gasteiger partial charge on any atom is 0.329 e. The molecular formula is C18H25N3O2. The number of rotatable bonds is 1. The minimum Gasteiger partial charge on any atom is -0.323 e. The molecule has 0 saturated carbocycles. The van der Waals surface area contributed by atoms with Gasteiger partial charge in [0, 0.05) is 11.1 Å². The molecule has 2 heterocycles. The third kappa shape index (κ3) is 2.74. The molecule has 0 radical (unpaired) electrons. The number of hydrogen-bond donors (Lipinski definition) is 2. The van der Waals surface area contributed by atoms with Crippen LogP contribution in [0.25, 0.3) is 0 Å². The van der Waals surface area contributed by atoms with Crippen LogP contribution in [0.15, 0.2) is 24.3 Å². The van der Waals surface area contributed by atoms with Gasteiger partial charge in [0.25, 0.3) is 5.91 Å². The van der Waals surface area contributed by atoms with Crippen molar-refractivity contribution in [3.63, 3.8) is 0 Å². The Morgan fingerprint density at radius 2 is 1.48 bits per heavy atom. The fourth-order valence-corrected chi connectivity index (χ4v) is 4.36. The standard InChI is InChI=1S/C18H25N3O2/c1-12-6-8-13(9-7-12)21-14(22)18(19-15(21)23)10-16(2,3)20-17(4,5)11-18/h6-9,20H,10-11H2,1-5H3,(H,19,23). The molecule has 124 valence electrons. The van der Waals surface area contributed by atoms with E-state index < -0.39 is 5.54 Å². The maximum atomic E-state index is 13.2. The molecular weight excluding hydrogens is 290 g/mol. The van der Waals surface area contributed by atoms with Crippen molar-refractivity contribution in [1.82, 2.24) is 10.6 Å². The summed E-state index contributed by atoms with van der Waals surface area (Å²) in [6.07, 6.45) is 1.16. The van der Waals surface area contributed by atoms with Gasteiger partial charge in [0.2, 0.25) is 0 Å². The Morgan fingerprint density at radius 1 is 0.957 bits per heavy atom. The number of urea groups is 1. The fraction of sp³-hybridized carbons (Fsp3) is 0.556. The highest BCUT2D eigenvalue weighted by Gasteiger charge is 2.58. The molecule has 3 rings (SSSR count). The summed E-state index contributed by atoms with van der Waals surface area (Å²) in [6.45, 7) is 10.3. The lowest BCUT2D eigenvalue weighted by atomic mass is 9.71. The third-order valence-corrected chi connectivity index (χ3v) is 4.62. The van der Waals surface area contributed by atoms with Crippen LogP contribution in [0.5, 0.6) is 0 Å². The van der Waals surface area contributed by atoms with E-state index in [1.54, 1.807) is 0 Å². The molecule has 2 saturated heterocycles. The van der Waals surface area contributed by atoms with Crippen LogP contribution in [-0.2, 0) is 4.79 Å². The Morgan fingerprint density at radius 3 is 2.00 bits per heavy atom. The summed E-state index contributed by atoms with van der Waals surface area (Å²) in [5.74, 6) is -0.144. The molecule has 1 spiro atoms. The monoisotopic (exact) mass is 315 g/mol. The first-order valence-corrected chi connectivity index (χ1v) is 8.06. The first kappa shape index (κ1) is 16.0. The van der Waals surface area contributed by atoms with Crippen molar-refractivity contribution in [2.45, 2.75) is 64.1 Å². The minimum atomic E-state index is -0.833. The zero-order valence-corrected chi connectivity index (χ0v) is 14.5. The average Bonchev–Trinajstić information content (AvgIpc) is 2.58. The van der Waals surface area contributed by atoms with Crippen molar-refractivity contribution in [1.29, 1.82) is 0 Å². The van der Waals surface area contributed by atoms with Crippen LogP contribution in [0.1, 0.15) is 46.1 Å². The van der Waals surface area contributed by atoms with E-state index >= 15 is 0 Å². The number of amides is 3. The van der Waals surface area contributed by atoms with E-state index in [0.29, 0.717) is 18.5 Å². The van der Waals surface area contributed by atoms with Gasteiger partial charge in [0.05, 0.1) is 5.69 Å². The summed E-state index contributed by atoms with van der Waals surface area (Å²) in [4.78, 5) is 27.0. The van der Waals surface area contributed by atoms with Gasteiger partial charge in [-0.1, -0.05) is 17.7 Å². The van der Waals surface area contributed by atoms with Gasteiger partial charge >= 0.3 is 6.03 Å². The van der Waals surface area contributed by atoms with Crippen LogP contribution in [0, 0.1) is 6.92 Å². The molecule has 0 unspecified atom stereocenters. The van der Waals surface area contributed by atoms with Gasteiger partial charge in [-0.05, 0) is 59.6 Å². The number of nitrogens with one attached hydrogen (secondary N) is 2. The molecule has 3 amide bonds. The summed E-state index contributed by atoms with van der Waals surface area (Å²) in [5.41, 5.74) is 0.436. The van der Waals surface area contributed by atoms with E-state index in [1.165, 1.54) is 4.90 Å². The van der Waals surface area contributed by atoms with Crippen molar-refractivity contribution < 1.29 is 9.59 Å². The zero-order chi connectivity index (χ0) is 17.0. The summed E-state index contributed by atoms with van der Waals surface area (Å²) < 4.78 is 0. The summed E-state index contributed by atoms with van der Waals surface area (Å²) in [7, 11) is 0. The molecule has 5 heteroatoms. The number of carbonyl (C=O) groups is 2. The van der Waals surface area contributed by atoms with E-state index in [0.717, 1.165) is 5.56 Å². The predicted octanol–water partition coefficient (Wildman–Crippen LogP) is 2.73. The number of aryl methyl sites for hydroxylation is 1. The predicted molar refractivity (Wildman–Crippen MR) is 90.5 cm³/mol. The second kappa shape index (κ2) is 4.81. The van der Waals surface area contributed by atoms with Gasteiger partial charge in [-0.25, -0.2) is 9.69 Å². The number of imide groups is 1. The highest BCUT2D eigenvalue weighted by atomic mass is 16.2. The van der Waals surface area contributed by atoms with Crippen molar-refractivity contribution >= 4 is 17.6 Å². The van der Waals surface area contributed by atoms with Crippen molar-refractivity contribution in [2.24, 2.45) is 0 Å². The normalized spacial score (nSPS) is 24.8. The largest absolute Gasteiger partial charge is 0.329 e. The molecule has 23 heavy (non-hydrogen) atoms. The van der Waals surface area contributed by atoms with E-state index in [9.17, 15) is 9.59 Å². The highest BCUT2D eigenvalue weighted by molar-refractivity contribution is 6.23. The first-order chi connectivity index (χ1) is 10.5. The molecule has 0 aromatic heterocycles. The van der Waals surface area contributed by atoms with E-state index in [-0.39, 0.29) is 23.0 Å². The number of nitrogens with zero attached hydrogens (tertiary/aromatic N) is 1. The lowest BCUT2D eigenvalue weighted by Gasteiger charge is -2.50. The van der Waals surface area contributed by atoms with Gasteiger partial charge in [-0.15, -0.1) is 0 Å². The first-order valence-electron chi connectivity index (χ1n) is 8.06. The van der Waals surface area contributed by atoms with Crippen molar-refractivity contribution in [3.05, 3.63) is 29.8 Å². The van der Waals surface area contributed by atoms with Crippen LogP contribution in [-0.4, -0.2) is 28.6 Å². The molecule has 1 aromatic carbocycles. The summed E-state index contributed by atoms with van der Waals surface area (Å²) in [6, 6.07) is 7.15. The molecule has 2 aliphatic heterocycles. The number of benzene rings is 1. The molecule has 0 bridgehead atoms. The Labute approximate surface area is 137 Å². The molecule has 0 aliphatic carbocycles. The molecule has 1 aromatic rings.